The normalized spacial score (nSPS) is 10.9. The molecule has 0 bridgehead atoms. The lowest BCUT2D eigenvalue weighted by atomic mass is 10.1. The molecule has 2 N–H and O–H groups in total. The van der Waals surface area contributed by atoms with E-state index in [4.69, 9.17) is 22.1 Å². The maximum atomic E-state index is 6.19. The quantitative estimate of drug-likeness (QED) is 0.511. The lowest BCUT2D eigenvalue weighted by Crippen LogP contribution is -2.02. The van der Waals surface area contributed by atoms with Gasteiger partial charge in [-0.15, -0.1) is 0 Å². The van der Waals surface area contributed by atoms with Crippen LogP contribution in [0.15, 0.2) is 67.0 Å². The second kappa shape index (κ2) is 8.43. The molecular weight excluding hydrogens is 386 g/mol. The van der Waals surface area contributed by atoms with Crippen LogP contribution in [0.25, 0.3) is 22.6 Å². The first-order chi connectivity index (χ1) is 14.1. The third-order valence-electron chi connectivity index (χ3n) is 4.46. The number of nitrogens with zero attached hydrogens (tertiary/aromatic N) is 4. The Morgan fingerprint density at radius 2 is 1.86 bits per heavy atom. The molecule has 4 rings (SSSR count). The average Bonchev–Trinajstić information content (AvgIpc) is 3.10. The molecule has 7 heteroatoms. The Labute approximate surface area is 174 Å². The van der Waals surface area contributed by atoms with Gasteiger partial charge in [0.05, 0.1) is 10.7 Å². The number of hydrogen-bond acceptors (Lipinski definition) is 5. The smallest absolute Gasteiger partial charge is 0.218 e. The van der Waals surface area contributed by atoms with Crippen LogP contribution in [-0.2, 0) is 13.5 Å². The van der Waals surface area contributed by atoms with Crippen LogP contribution in [0.5, 0.6) is 11.6 Å². The van der Waals surface area contributed by atoms with Crippen molar-refractivity contribution < 1.29 is 4.74 Å². The summed E-state index contributed by atoms with van der Waals surface area (Å²) in [6.07, 6.45) is 4.18. The first-order valence-corrected chi connectivity index (χ1v) is 9.60. The summed E-state index contributed by atoms with van der Waals surface area (Å²) in [7, 11) is 1.82. The molecule has 0 atom stereocenters. The molecule has 0 aliphatic carbocycles. The number of pyridine rings is 2. The summed E-state index contributed by atoms with van der Waals surface area (Å²) in [6, 6.07) is 17.4. The summed E-state index contributed by atoms with van der Waals surface area (Å²) in [6.45, 7) is 0.617. The first kappa shape index (κ1) is 19.1. The van der Waals surface area contributed by atoms with Crippen LogP contribution in [-0.4, -0.2) is 26.3 Å². The standard InChI is InChI=1S/C22H20ClN5O/c1-28-21(13-19(27-28)18-4-2-3-11-25-18)29-20-12-17(23)14-26-22(20)16-7-5-15(6-8-16)9-10-24/h2-8,11-14H,9-10,24H2,1H3. The molecule has 3 aromatic heterocycles. The summed E-state index contributed by atoms with van der Waals surface area (Å²) in [4.78, 5) is 8.83. The highest BCUT2D eigenvalue weighted by molar-refractivity contribution is 6.30. The second-order valence-electron chi connectivity index (χ2n) is 6.54. The molecule has 0 radical (unpaired) electrons. The molecule has 0 spiro atoms. The number of aryl methyl sites for hydroxylation is 1. The zero-order chi connectivity index (χ0) is 20.2. The van der Waals surface area contributed by atoms with E-state index in [1.165, 1.54) is 5.56 Å². The highest BCUT2D eigenvalue weighted by Gasteiger charge is 2.15. The Morgan fingerprint density at radius 3 is 2.59 bits per heavy atom. The SMILES string of the molecule is Cn1nc(-c2ccccn2)cc1Oc1cc(Cl)cnc1-c1ccc(CCN)cc1. The van der Waals surface area contributed by atoms with Gasteiger partial charge in [-0.3, -0.25) is 9.97 Å². The molecule has 29 heavy (non-hydrogen) atoms. The van der Waals surface area contributed by atoms with E-state index in [9.17, 15) is 0 Å². The fourth-order valence-electron chi connectivity index (χ4n) is 3.01. The number of hydrogen-bond donors (Lipinski definition) is 1. The molecule has 0 saturated carbocycles. The number of halogens is 1. The Kier molecular flexibility index (Phi) is 5.55. The van der Waals surface area contributed by atoms with E-state index in [0.29, 0.717) is 28.9 Å². The summed E-state index contributed by atoms with van der Waals surface area (Å²) >= 11 is 6.19. The van der Waals surface area contributed by atoms with E-state index < -0.39 is 0 Å². The lowest BCUT2D eigenvalue weighted by molar-refractivity contribution is 0.431. The highest BCUT2D eigenvalue weighted by atomic mass is 35.5. The van der Waals surface area contributed by atoms with Crippen LogP contribution in [0.1, 0.15) is 5.56 Å². The molecule has 0 amide bonds. The van der Waals surface area contributed by atoms with Gasteiger partial charge in [-0.1, -0.05) is 41.9 Å². The number of benzene rings is 1. The minimum atomic E-state index is 0.496. The van der Waals surface area contributed by atoms with Crippen LogP contribution in [0.4, 0.5) is 0 Å². The van der Waals surface area contributed by atoms with Gasteiger partial charge < -0.3 is 10.5 Å². The predicted octanol–water partition coefficient (Wildman–Crippen LogP) is 4.49. The molecule has 146 valence electrons. The maximum Gasteiger partial charge on any atom is 0.218 e. The second-order valence-corrected chi connectivity index (χ2v) is 6.98. The van der Waals surface area contributed by atoms with Crippen LogP contribution in [0, 0.1) is 0 Å². The van der Waals surface area contributed by atoms with Gasteiger partial charge in [0.15, 0.2) is 5.75 Å². The molecule has 0 aliphatic heterocycles. The fourth-order valence-corrected chi connectivity index (χ4v) is 3.16. The number of rotatable bonds is 6. The third kappa shape index (κ3) is 4.29. The predicted molar refractivity (Wildman–Crippen MR) is 114 cm³/mol. The van der Waals surface area contributed by atoms with Crippen molar-refractivity contribution in [2.24, 2.45) is 12.8 Å². The van der Waals surface area contributed by atoms with Gasteiger partial charge in [-0.2, -0.15) is 5.10 Å². The van der Waals surface area contributed by atoms with Crippen molar-refractivity contribution in [2.75, 3.05) is 6.54 Å². The van der Waals surface area contributed by atoms with Crippen LogP contribution in [0.3, 0.4) is 0 Å². The van der Waals surface area contributed by atoms with E-state index in [1.807, 2.05) is 55.6 Å². The van der Waals surface area contributed by atoms with E-state index in [2.05, 4.69) is 15.1 Å². The van der Waals surface area contributed by atoms with E-state index >= 15 is 0 Å². The first-order valence-electron chi connectivity index (χ1n) is 9.22. The molecule has 0 fully saturated rings. The van der Waals surface area contributed by atoms with Gasteiger partial charge in [-0.05, 0) is 30.7 Å². The van der Waals surface area contributed by atoms with Gasteiger partial charge >= 0.3 is 0 Å². The maximum absolute atomic E-state index is 6.19. The van der Waals surface area contributed by atoms with Gasteiger partial charge in [0.25, 0.3) is 0 Å². The van der Waals surface area contributed by atoms with Crippen molar-refractivity contribution in [3.8, 4) is 34.3 Å². The third-order valence-corrected chi connectivity index (χ3v) is 4.67. The zero-order valence-corrected chi connectivity index (χ0v) is 16.7. The molecule has 3 heterocycles. The van der Waals surface area contributed by atoms with Crippen LogP contribution >= 0.6 is 11.6 Å². The van der Waals surface area contributed by atoms with E-state index in [0.717, 1.165) is 23.4 Å². The van der Waals surface area contributed by atoms with Gasteiger partial charge in [0.2, 0.25) is 5.88 Å². The minimum Gasteiger partial charge on any atom is -0.437 e. The highest BCUT2D eigenvalue weighted by Crippen LogP contribution is 2.34. The van der Waals surface area contributed by atoms with E-state index in [-0.39, 0.29) is 0 Å². The van der Waals surface area contributed by atoms with Crippen molar-refractivity contribution in [1.82, 2.24) is 19.7 Å². The van der Waals surface area contributed by atoms with E-state index in [1.54, 1.807) is 23.1 Å². The van der Waals surface area contributed by atoms with Crippen molar-refractivity contribution in [1.29, 1.82) is 0 Å². The molecule has 0 unspecified atom stereocenters. The van der Waals surface area contributed by atoms with Crippen LogP contribution < -0.4 is 10.5 Å². The largest absolute Gasteiger partial charge is 0.437 e. The summed E-state index contributed by atoms with van der Waals surface area (Å²) < 4.78 is 7.83. The number of ether oxygens (including phenoxy) is 1. The van der Waals surface area contributed by atoms with Crippen LogP contribution in [0.2, 0.25) is 5.02 Å². The summed E-state index contributed by atoms with van der Waals surface area (Å²) in [5, 5.41) is 4.99. The molecule has 6 nitrogen and oxygen atoms in total. The zero-order valence-electron chi connectivity index (χ0n) is 15.9. The summed E-state index contributed by atoms with van der Waals surface area (Å²) in [5.41, 5.74) is 9.96. The van der Waals surface area contributed by atoms with Crippen molar-refractivity contribution in [3.63, 3.8) is 0 Å². The number of aromatic nitrogens is 4. The number of nitrogens with two attached hydrogens (primary N) is 1. The summed E-state index contributed by atoms with van der Waals surface area (Å²) in [5.74, 6) is 1.12. The Morgan fingerprint density at radius 1 is 1.03 bits per heavy atom. The monoisotopic (exact) mass is 405 g/mol. The Bertz CT molecular complexity index is 1110. The van der Waals surface area contributed by atoms with Gasteiger partial charge in [0, 0.05) is 37.1 Å². The Balaban J connectivity index is 1.67. The molecular formula is C22H20ClN5O. The lowest BCUT2D eigenvalue weighted by Gasteiger charge is -2.11. The average molecular weight is 406 g/mol. The Hall–Kier alpha value is -3.22. The fraction of sp³-hybridized carbons (Fsp3) is 0.136. The molecule has 0 aliphatic rings. The van der Waals surface area contributed by atoms with Crippen molar-refractivity contribution in [3.05, 3.63) is 77.6 Å². The van der Waals surface area contributed by atoms with Crippen molar-refractivity contribution >= 4 is 11.6 Å². The van der Waals surface area contributed by atoms with Gasteiger partial charge in [-0.25, -0.2) is 4.68 Å². The van der Waals surface area contributed by atoms with Crippen molar-refractivity contribution in [2.45, 2.75) is 6.42 Å². The minimum absolute atomic E-state index is 0.496. The molecule has 4 aromatic rings. The molecule has 1 aromatic carbocycles. The molecule has 0 saturated heterocycles. The van der Waals surface area contributed by atoms with Gasteiger partial charge in [0.1, 0.15) is 11.4 Å². The topological polar surface area (TPSA) is 78.8 Å².